The van der Waals surface area contributed by atoms with Crippen LogP contribution in [0.1, 0.15) is 20.7 Å². The molecule has 0 radical (unpaired) electrons. The molecule has 0 aromatic heterocycles. The molecule has 0 bridgehead atoms. The molecule has 0 aromatic carbocycles. The van der Waals surface area contributed by atoms with Crippen molar-refractivity contribution in [1.82, 2.24) is 0 Å². The third kappa shape index (κ3) is 0.924. The van der Waals surface area contributed by atoms with Crippen molar-refractivity contribution in [2.75, 3.05) is 0 Å². The minimum Gasteiger partial charge on any atom is -0.326 e. The molecular formula is C5H13N2+. The Kier molecular flexibility index (Phi) is 1.30. The fourth-order valence-electron chi connectivity index (χ4n) is 1.02. The van der Waals surface area contributed by atoms with Gasteiger partial charge < -0.3 is 11.5 Å². The van der Waals surface area contributed by atoms with Gasteiger partial charge in [0.15, 0.2) is 0 Å². The Morgan fingerprint density at radius 2 is 1.57 bits per heavy atom. The van der Waals surface area contributed by atoms with E-state index in [1.807, 2.05) is 0 Å². The van der Waals surface area contributed by atoms with Crippen molar-refractivity contribution < 1.29 is 1.43 Å². The van der Waals surface area contributed by atoms with Crippen LogP contribution in [-0.2, 0) is 0 Å². The van der Waals surface area contributed by atoms with Gasteiger partial charge in [-0.3, -0.25) is 0 Å². The van der Waals surface area contributed by atoms with Crippen LogP contribution in [0.15, 0.2) is 0 Å². The summed E-state index contributed by atoms with van der Waals surface area (Å²) in [7, 11) is 0. The van der Waals surface area contributed by atoms with Gasteiger partial charge in [0.2, 0.25) is 0 Å². The van der Waals surface area contributed by atoms with Crippen LogP contribution in [-0.4, -0.2) is 12.1 Å². The second-order valence-corrected chi connectivity index (χ2v) is 2.26. The van der Waals surface area contributed by atoms with Gasteiger partial charge in [-0.05, 0) is 12.8 Å². The molecule has 0 spiro atoms. The van der Waals surface area contributed by atoms with Crippen LogP contribution in [0, 0.1) is 0 Å². The van der Waals surface area contributed by atoms with Crippen LogP contribution < -0.4 is 11.5 Å². The number of hydrogen-bond donors (Lipinski definition) is 2. The Labute approximate surface area is 45.4 Å². The van der Waals surface area contributed by atoms with Crippen LogP contribution in [0.25, 0.3) is 0 Å². The van der Waals surface area contributed by atoms with E-state index < -0.39 is 0 Å². The lowest BCUT2D eigenvalue weighted by molar-refractivity contribution is 0.603. The lowest BCUT2D eigenvalue weighted by Crippen LogP contribution is -2.35. The van der Waals surface area contributed by atoms with Gasteiger partial charge in [-0.1, -0.05) is 6.42 Å². The molecule has 1 aliphatic rings. The summed E-state index contributed by atoms with van der Waals surface area (Å²) in [6, 6.07) is 0.583. The molecule has 7 heavy (non-hydrogen) atoms. The molecule has 0 unspecified atom stereocenters. The quantitative estimate of drug-likeness (QED) is 0.449. The second kappa shape index (κ2) is 1.80. The highest BCUT2D eigenvalue weighted by Crippen LogP contribution is 2.13. The standard InChI is InChI=1S/C5H12N2/c6-4-2-1-3-5(4)7/h4-5H,1-3,6-7H2/p+1/t4-,5+. The van der Waals surface area contributed by atoms with E-state index in [0.717, 1.165) is 12.8 Å². The Morgan fingerprint density at radius 3 is 1.71 bits per heavy atom. The van der Waals surface area contributed by atoms with Gasteiger partial charge in [-0.15, -0.1) is 0 Å². The van der Waals surface area contributed by atoms with Crippen LogP contribution in [0.3, 0.4) is 0 Å². The molecule has 1 rings (SSSR count). The number of nitrogens with two attached hydrogens (primary N) is 2. The average molecular weight is 101 g/mol. The number of hydrogen-bond acceptors (Lipinski definition) is 2. The maximum atomic E-state index is 5.55. The third-order valence-corrected chi connectivity index (χ3v) is 1.62. The minimum absolute atomic E-state index is 0. The SMILES string of the molecule is N[C@@H]1CCC[C@@H]1N.[H+]. The lowest BCUT2D eigenvalue weighted by atomic mass is 10.2. The van der Waals surface area contributed by atoms with E-state index in [4.69, 9.17) is 11.5 Å². The average Bonchev–Trinajstić information content (AvgIpc) is 1.91. The van der Waals surface area contributed by atoms with Crippen LogP contribution >= 0.6 is 0 Å². The zero-order valence-corrected chi connectivity index (χ0v) is 4.43. The second-order valence-electron chi connectivity index (χ2n) is 2.26. The predicted molar refractivity (Wildman–Crippen MR) is 30.9 cm³/mol. The zero-order chi connectivity index (χ0) is 5.28. The van der Waals surface area contributed by atoms with E-state index >= 15 is 0 Å². The van der Waals surface area contributed by atoms with E-state index in [1.165, 1.54) is 6.42 Å². The molecule has 0 aromatic rings. The molecule has 2 nitrogen and oxygen atoms in total. The van der Waals surface area contributed by atoms with Crippen molar-refractivity contribution >= 4 is 0 Å². The molecule has 0 heterocycles. The van der Waals surface area contributed by atoms with Gasteiger partial charge in [0.05, 0.1) is 0 Å². The van der Waals surface area contributed by atoms with E-state index in [0.29, 0.717) is 12.1 Å². The normalized spacial score (nSPS) is 42.0. The predicted octanol–water partition coefficient (Wildman–Crippen LogP) is -0.0626. The van der Waals surface area contributed by atoms with Crippen molar-refractivity contribution in [3.05, 3.63) is 0 Å². The van der Waals surface area contributed by atoms with E-state index in [1.54, 1.807) is 0 Å². The van der Waals surface area contributed by atoms with E-state index in [9.17, 15) is 0 Å². The first kappa shape index (κ1) is 5.06. The molecule has 4 N–H and O–H groups in total. The Hall–Kier alpha value is -0.0800. The Morgan fingerprint density at radius 1 is 1.14 bits per heavy atom. The maximum Gasteiger partial charge on any atom is 1.00 e. The first-order valence-corrected chi connectivity index (χ1v) is 2.82. The van der Waals surface area contributed by atoms with Gasteiger partial charge in [-0.2, -0.15) is 0 Å². The lowest BCUT2D eigenvalue weighted by Gasteiger charge is -2.05. The van der Waals surface area contributed by atoms with Crippen LogP contribution in [0.5, 0.6) is 0 Å². The Bertz CT molecular complexity index is 59.4. The first-order valence-electron chi connectivity index (χ1n) is 2.82. The van der Waals surface area contributed by atoms with Gasteiger partial charge in [0, 0.05) is 12.1 Å². The summed E-state index contributed by atoms with van der Waals surface area (Å²) >= 11 is 0. The van der Waals surface area contributed by atoms with Gasteiger partial charge >= 0.3 is 1.43 Å². The summed E-state index contributed by atoms with van der Waals surface area (Å²) in [6.07, 6.45) is 3.48. The fourth-order valence-corrected chi connectivity index (χ4v) is 1.02. The van der Waals surface area contributed by atoms with Crippen molar-refractivity contribution in [2.45, 2.75) is 31.3 Å². The van der Waals surface area contributed by atoms with Crippen molar-refractivity contribution in [3.8, 4) is 0 Å². The van der Waals surface area contributed by atoms with Crippen LogP contribution in [0.2, 0.25) is 0 Å². The molecule has 2 heteroatoms. The van der Waals surface area contributed by atoms with E-state index in [2.05, 4.69) is 0 Å². The maximum absolute atomic E-state index is 5.55. The molecular weight excluding hydrogens is 88.1 g/mol. The van der Waals surface area contributed by atoms with Gasteiger partial charge in [0.25, 0.3) is 0 Å². The van der Waals surface area contributed by atoms with E-state index in [-0.39, 0.29) is 1.43 Å². The largest absolute Gasteiger partial charge is 1.00 e. The minimum atomic E-state index is 0. The molecule has 1 fully saturated rings. The molecule has 2 atom stereocenters. The molecule has 0 saturated heterocycles. The van der Waals surface area contributed by atoms with Crippen molar-refractivity contribution in [1.29, 1.82) is 0 Å². The molecule has 0 aliphatic heterocycles. The summed E-state index contributed by atoms with van der Waals surface area (Å²) < 4.78 is 0. The van der Waals surface area contributed by atoms with Gasteiger partial charge in [0.1, 0.15) is 0 Å². The third-order valence-electron chi connectivity index (χ3n) is 1.62. The Balaban J connectivity index is 0.000000490. The molecule has 1 saturated carbocycles. The summed E-state index contributed by atoms with van der Waals surface area (Å²) in [5.41, 5.74) is 11.1. The topological polar surface area (TPSA) is 52.0 Å². The molecule has 1 aliphatic carbocycles. The van der Waals surface area contributed by atoms with Crippen molar-refractivity contribution in [3.63, 3.8) is 0 Å². The summed E-state index contributed by atoms with van der Waals surface area (Å²) in [6.45, 7) is 0. The van der Waals surface area contributed by atoms with Crippen LogP contribution in [0.4, 0.5) is 0 Å². The van der Waals surface area contributed by atoms with Gasteiger partial charge in [-0.25, -0.2) is 0 Å². The number of rotatable bonds is 0. The highest BCUT2D eigenvalue weighted by molar-refractivity contribution is 4.82. The molecule has 42 valence electrons. The highest BCUT2D eigenvalue weighted by atomic mass is 14.8. The van der Waals surface area contributed by atoms with Crippen molar-refractivity contribution in [2.24, 2.45) is 11.5 Å². The summed E-state index contributed by atoms with van der Waals surface area (Å²) in [5.74, 6) is 0. The smallest absolute Gasteiger partial charge is 0.326 e. The summed E-state index contributed by atoms with van der Waals surface area (Å²) in [4.78, 5) is 0. The summed E-state index contributed by atoms with van der Waals surface area (Å²) in [5, 5.41) is 0. The fraction of sp³-hybridized carbons (Fsp3) is 1.00. The first-order chi connectivity index (χ1) is 3.30. The monoisotopic (exact) mass is 101 g/mol. The zero-order valence-electron chi connectivity index (χ0n) is 5.43. The molecule has 0 amide bonds. The highest BCUT2D eigenvalue weighted by Gasteiger charge is 2.18.